The Morgan fingerprint density at radius 2 is 1.05 bits per heavy atom. The van der Waals surface area contributed by atoms with Gasteiger partial charge in [-0.05, 0) is 66.0 Å². The maximum atomic E-state index is 11.8. The van der Waals surface area contributed by atoms with Crippen molar-refractivity contribution in [2.24, 2.45) is 0 Å². The summed E-state index contributed by atoms with van der Waals surface area (Å²) in [6.07, 6.45) is 23.5. The van der Waals surface area contributed by atoms with Crippen LogP contribution < -0.4 is 0 Å². The zero-order chi connectivity index (χ0) is 29.4. The summed E-state index contributed by atoms with van der Waals surface area (Å²) in [5, 5.41) is 0. The number of phosphoric acid groups is 1. The zero-order valence-electron chi connectivity index (χ0n) is 25.9. The molecule has 0 amide bonds. The van der Waals surface area contributed by atoms with E-state index in [4.69, 9.17) is 13.8 Å². The second-order valence-corrected chi connectivity index (χ2v) is 14.8. The Hall–Kier alpha value is -0.0200. The van der Waals surface area contributed by atoms with Crippen molar-refractivity contribution in [1.82, 2.24) is 0 Å². The molecule has 0 spiro atoms. The Labute approximate surface area is 260 Å². The van der Waals surface area contributed by atoms with Crippen molar-refractivity contribution in [3.63, 3.8) is 0 Å². The second-order valence-electron chi connectivity index (χ2n) is 12.1. The Kier molecular flexibility index (Phi) is 23.2. The first-order chi connectivity index (χ1) is 19.2. The van der Waals surface area contributed by atoms with Crippen LogP contribution in [0.1, 0.15) is 115 Å². The molecule has 0 bridgehead atoms. The minimum Gasteiger partial charge on any atom is -0.381 e. The fourth-order valence-corrected chi connectivity index (χ4v) is 5.68. The topological polar surface area (TPSA) is 65.0 Å². The van der Waals surface area contributed by atoms with Crippen molar-refractivity contribution in [2.45, 2.75) is 116 Å². The number of quaternary nitrogens is 1. The summed E-state index contributed by atoms with van der Waals surface area (Å²) >= 11 is 2.37. The molecule has 0 fully saturated rings. The summed E-state index contributed by atoms with van der Waals surface area (Å²) in [4.78, 5) is 9.67. The first-order valence-corrected chi connectivity index (χ1v) is 18.5. The number of likely N-dealkylation sites (N-methyl/N-ethyl adjacent to an activating group) is 1. The Bertz CT molecular complexity index is 757. The highest BCUT2D eigenvalue weighted by atomic mass is 123. The molecule has 0 aromatic heterocycles. The van der Waals surface area contributed by atoms with Crippen LogP contribution in [-0.2, 0) is 24.8 Å². The van der Waals surface area contributed by atoms with Gasteiger partial charge in [-0.15, -0.1) is 0 Å². The van der Waals surface area contributed by atoms with Crippen LogP contribution in [0.2, 0.25) is 0 Å². The number of rotatable bonds is 28. The third-order valence-electron chi connectivity index (χ3n) is 7.12. The molecule has 1 rings (SSSR count). The highest BCUT2D eigenvalue weighted by Gasteiger charge is 2.22. The summed E-state index contributed by atoms with van der Waals surface area (Å²) in [7, 11) is 2.06. The first-order valence-electron chi connectivity index (χ1n) is 15.9. The molecule has 1 aromatic rings. The first kappa shape index (κ1) is 38.0. The third kappa shape index (κ3) is 25.7. The van der Waals surface area contributed by atoms with E-state index in [-0.39, 0.29) is 13.2 Å². The van der Waals surface area contributed by atoms with E-state index in [2.05, 4.69) is 46.9 Å². The molecule has 8 heteroatoms. The summed E-state index contributed by atoms with van der Waals surface area (Å²) in [5.41, 5.74) is 1.48. The number of benzene rings is 1. The number of phosphoric ester groups is 1. The van der Waals surface area contributed by atoms with Gasteiger partial charge in [0.2, 0.25) is 0 Å². The molecule has 0 aliphatic rings. The molecule has 0 saturated carbocycles. The van der Waals surface area contributed by atoms with Crippen LogP contribution in [0.15, 0.2) is 24.3 Å². The predicted octanol–water partition coefficient (Wildman–Crippen LogP) is 9.32. The molecule has 0 aliphatic carbocycles. The number of hydrogen-bond donors (Lipinski definition) is 1. The molecular formula is C32H60INO5P+. The van der Waals surface area contributed by atoms with Gasteiger partial charge < -0.3 is 14.1 Å². The summed E-state index contributed by atoms with van der Waals surface area (Å²) < 4.78 is 29.4. The lowest BCUT2D eigenvalue weighted by molar-refractivity contribution is -0.870. The number of ether oxygens (including phenoxy) is 1. The van der Waals surface area contributed by atoms with E-state index in [1.54, 1.807) is 0 Å². The van der Waals surface area contributed by atoms with Crippen LogP contribution in [0.5, 0.6) is 0 Å². The number of unbranched alkanes of at least 4 members (excludes halogenated alkanes) is 15. The molecule has 0 heterocycles. The molecule has 1 aromatic carbocycles. The molecule has 1 atom stereocenters. The van der Waals surface area contributed by atoms with Gasteiger partial charge in [-0.2, -0.15) is 0 Å². The van der Waals surface area contributed by atoms with Gasteiger partial charge in [-0.1, -0.05) is 102 Å². The molecule has 40 heavy (non-hydrogen) atoms. The number of aryl methyl sites for hydroxylation is 1. The normalized spacial score (nSPS) is 13.5. The monoisotopic (exact) mass is 692 g/mol. The minimum atomic E-state index is -3.95. The lowest BCUT2D eigenvalue weighted by Crippen LogP contribution is -2.37. The van der Waals surface area contributed by atoms with Crippen molar-refractivity contribution >= 4 is 30.4 Å². The maximum absolute atomic E-state index is 11.8. The van der Waals surface area contributed by atoms with Crippen molar-refractivity contribution < 1.29 is 27.7 Å². The molecule has 234 valence electrons. The molecule has 0 saturated heterocycles. The van der Waals surface area contributed by atoms with Gasteiger partial charge in [0.25, 0.3) is 0 Å². The quantitative estimate of drug-likeness (QED) is 0.0411. The maximum Gasteiger partial charge on any atom is 0.472 e. The van der Waals surface area contributed by atoms with Gasteiger partial charge >= 0.3 is 7.82 Å². The molecule has 6 nitrogen and oxygen atoms in total. The lowest BCUT2D eigenvalue weighted by Gasteiger charge is -2.24. The number of halogens is 1. The van der Waals surface area contributed by atoms with Crippen LogP contribution >= 0.6 is 30.4 Å². The van der Waals surface area contributed by atoms with Gasteiger partial charge in [0.15, 0.2) is 0 Å². The minimum absolute atomic E-state index is 0.174. The van der Waals surface area contributed by atoms with Crippen molar-refractivity contribution in [3.8, 4) is 0 Å². The van der Waals surface area contributed by atoms with Crippen LogP contribution in [0.3, 0.4) is 0 Å². The van der Waals surface area contributed by atoms with Gasteiger partial charge in [0, 0.05) is 16.8 Å². The average Bonchev–Trinajstić information content (AvgIpc) is 2.89. The van der Waals surface area contributed by atoms with E-state index < -0.39 is 7.82 Å². The van der Waals surface area contributed by atoms with E-state index in [0.29, 0.717) is 24.1 Å². The van der Waals surface area contributed by atoms with Crippen LogP contribution in [0.4, 0.5) is 0 Å². The summed E-state index contributed by atoms with van der Waals surface area (Å²) in [5.74, 6) is 0. The Morgan fingerprint density at radius 3 is 1.55 bits per heavy atom. The molecule has 0 radical (unpaired) electrons. The Balaban J connectivity index is 1.72. The average molecular weight is 693 g/mol. The fraction of sp³-hybridized carbons (Fsp3) is 0.812. The smallest absolute Gasteiger partial charge is 0.381 e. The van der Waals surface area contributed by atoms with Crippen LogP contribution in [0.25, 0.3) is 0 Å². The molecule has 1 unspecified atom stereocenters. The van der Waals surface area contributed by atoms with Crippen molar-refractivity contribution in [1.29, 1.82) is 0 Å². The molecule has 1 N–H and O–H groups in total. The van der Waals surface area contributed by atoms with Gasteiger partial charge in [-0.25, -0.2) is 4.57 Å². The Morgan fingerprint density at radius 1 is 0.625 bits per heavy atom. The van der Waals surface area contributed by atoms with E-state index in [9.17, 15) is 9.46 Å². The van der Waals surface area contributed by atoms with E-state index in [0.717, 1.165) is 13.0 Å². The highest BCUT2D eigenvalue weighted by molar-refractivity contribution is 14.1. The number of nitrogens with zero attached hydrogens (tertiary/aromatic N) is 1. The predicted molar refractivity (Wildman–Crippen MR) is 177 cm³/mol. The van der Waals surface area contributed by atoms with E-state index in [1.165, 1.54) is 112 Å². The van der Waals surface area contributed by atoms with E-state index in [1.807, 2.05) is 21.1 Å². The highest BCUT2D eigenvalue weighted by Crippen LogP contribution is 2.43. The molecular weight excluding hydrogens is 632 g/mol. The van der Waals surface area contributed by atoms with Crippen molar-refractivity contribution in [3.05, 3.63) is 33.4 Å². The summed E-state index contributed by atoms with van der Waals surface area (Å²) in [6.45, 7) is 2.32. The number of hydrogen-bond acceptors (Lipinski definition) is 4. The van der Waals surface area contributed by atoms with Gasteiger partial charge in [-0.3, -0.25) is 9.05 Å². The third-order valence-corrected chi connectivity index (χ3v) is 8.86. The van der Waals surface area contributed by atoms with Crippen molar-refractivity contribution in [2.75, 3.05) is 54.1 Å². The fourth-order valence-electron chi connectivity index (χ4n) is 4.57. The zero-order valence-corrected chi connectivity index (χ0v) is 29.0. The largest absolute Gasteiger partial charge is 0.472 e. The SMILES string of the molecule is C[N+](C)(C)CCOP(=O)(O)OCCCOCCCCCCCCCCCCCCCCCCc1ccc([123I])cc1. The summed E-state index contributed by atoms with van der Waals surface area (Å²) in [6, 6.07) is 8.97. The van der Waals surface area contributed by atoms with Crippen LogP contribution in [-0.4, -0.2) is 63.5 Å². The van der Waals surface area contributed by atoms with Gasteiger partial charge in [0.05, 0.1) is 27.7 Å². The van der Waals surface area contributed by atoms with Crippen LogP contribution in [0, 0.1) is 3.57 Å². The standard InChI is InChI=1S/C32H59INO5P/c1-34(2,3)26-30-39-40(35,36)38-29-20-28-37-27-19-17-15-13-11-9-7-5-4-6-8-10-12-14-16-18-21-31-22-24-32(33)25-23-31/h22-25H,4-21,26-30H2,1-3H3/p+1/i33-4. The lowest BCUT2D eigenvalue weighted by atomic mass is 10.0. The molecule has 0 aliphatic heterocycles. The van der Waals surface area contributed by atoms with Gasteiger partial charge in [0.1, 0.15) is 13.2 Å². The van der Waals surface area contributed by atoms with E-state index >= 15 is 0 Å². The second kappa shape index (κ2) is 24.4.